The monoisotopic (exact) mass is 348 g/mol. The van der Waals surface area contributed by atoms with Crippen molar-refractivity contribution >= 4 is 25.5 Å². The van der Waals surface area contributed by atoms with Crippen molar-refractivity contribution in [1.29, 1.82) is 0 Å². The summed E-state index contributed by atoms with van der Waals surface area (Å²) in [6.45, 7) is 0. The highest BCUT2D eigenvalue weighted by atomic mass is 35.7. The number of halogens is 4. The molecule has 0 heterocycles. The van der Waals surface area contributed by atoms with E-state index in [2.05, 4.69) is 0 Å². The van der Waals surface area contributed by atoms with Gasteiger partial charge in [0.15, 0.2) is 5.78 Å². The molecule has 8 heteroatoms. The molecule has 0 aliphatic carbocycles. The van der Waals surface area contributed by atoms with Gasteiger partial charge in [-0.15, -0.1) is 0 Å². The SMILES string of the molecule is O=C(c1ccccc1)c1ccc(C(F)(F)F)cc1S(=O)(=O)Cl. The van der Waals surface area contributed by atoms with Crippen LogP contribution in [0.5, 0.6) is 0 Å². The number of hydrogen-bond donors (Lipinski definition) is 0. The van der Waals surface area contributed by atoms with Crippen molar-refractivity contribution in [1.82, 2.24) is 0 Å². The van der Waals surface area contributed by atoms with Gasteiger partial charge in [-0.05, 0) is 18.2 Å². The normalized spacial score (nSPS) is 12.2. The zero-order valence-electron chi connectivity index (χ0n) is 10.8. The summed E-state index contributed by atoms with van der Waals surface area (Å²) in [6, 6.07) is 9.39. The van der Waals surface area contributed by atoms with Crippen LogP contribution in [0.4, 0.5) is 13.2 Å². The second-order valence-corrected chi connectivity index (χ2v) is 6.88. The van der Waals surface area contributed by atoms with E-state index in [1.54, 1.807) is 18.2 Å². The fourth-order valence-corrected chi connectivity index (χ4v) is 2.91. The van der Waals surface area contributed by atoms with Crippen LogP contribution in [-0.2, 0) is 15.2 Å². The summed E-state index contributed by atoms with van der Waals surface area (Å²) in [4.78, 5) is 11.4. The van der Waals surface area contributed by atoms with Gasteiger partial charge in [0.1, 0.15) is 0 Å². The molecule has 0 saturated carbocycles. The number of alkyl halides is 3. The molecule has 0 spiro atoms. The Morgan fingerprint density at radius 1 is 1.00 bits per heavy atom. The van der Waals surface area contributed by atoms with Crippen molar-refractivity contribution < 1.29 is 26.4 Å². The van der Waals surface area contributed by atoms with E-state index in [0.717, 1.165) is 6.07 Å². The Labute approximate surface area is 128 Å². The van der Waals surface area contributed by atoms with Gasteiger partial charge in [-0.2, -0.15) is 13.2 Å². The molecule has 0 N–H and O–H groups in total. The fraction of sp³-hybridized carbons (Fsp3) is 0.0714. The predicted molar refractivity (Wildman–Crippen MR) is 74.4 cm³/mol. The Morgan fingerprint density at radius 3 is 2.09 bits per heavy atom. The molecule has 2 aromatic rings. The largest absolute Gasteiger partial charge is 0.416 e. The standard InChI is InChI=1S/C14H8ClF3O3S/c15-22(20,21)12-8-10(14(16,17)18)6-7-11(12)13(19)9-4-2-1-3-5-9/h1-8H. The maximum Gasteiger partial charge on any atom is 0.416 e. The smallest absolute Gasteiger partial charge is 0.289 e. The molecule has 2 rings (SSSR count). The first-order valence-electron chi connectivity index (χ1n) is 5.86. The van der Waals surface area contributed by atoms with Crippen LogP contribution in [0.25, 0.3) is 0 Å². The lowest BCUT2D eigenvalue weighted by Gasteiger charge is -2.11. The number of hydrogen-bond acceptors (Lipinski definition) is 3. The van der Waals surface area contributed by atoms with Crippen LogP contribution in [0.2, 0.25) is 0 Å². The number of benzene rings is 2. The van der Waals surface area contributed by atoms with E-state index in [-0.39, 0.29) is 5.56 Å². The van der Waals surface area contributed by atoms with Crippen molar-refractivity contribution in [2.45, 2.75) is 11.1 Å². The third kappa shape index (κ3) is 3.48. The molecule has 0 radical (unpaired) electrons. The number of rotatable bonds is 3. The Kier molecular flexibility index (Phi) is 4.30. The summed E-state index contributed by atoms with van der Waals surface area (Å²) < 4.78 is 61.1. The molecule has 22 heavy (non-hydrogen) atoms. The molecule has 0 fully saturated rings. The molecule has 2 aromatic carbocycles. The van der Waals surface area contributed by atoms with Gasteiger partial charge in [-0.3, -0.25) is 4.79 Å². The lowest BCUT2D eigenvalue weighted by atomic mass is 10.0. The quantitative estimate of drug-likeness (QED) is 0.625. The van der Waals surface area contributed by atoms with Crippen LogP contribution in [-0.4, -0.2) is 14.2 Å². The first-order chi connectivity index (χ1) is 10.1. The first-order valence-corrected chi connectivity index (χ1v) is 8.17. The van der Waals surface area contributed by atoms with Crippen molar-refractivity contribution in [3.63, 3.8) is 0 Å². The summed E-state index contributed by atoms with van der Waals surface area (Å²) in [7, 11) is 0.652. The molecule has 116 valence electrons. The van der Waals surface area contributed by atoms with Crippen LogP contribution < -0.4 is 0 Å². The van der Waals surface area contributed by atoms with E-state index in [4.69, 9.17) is 10.7 Å². The molecule has 0 aliphatic heterocycles. The van der Waals surface area contributed by atoms with Gasteiger partial charge < -0.3 is 0 Å². The highest BCUT2D eigenvalue weighted by molar-refractivity contribution is 8.13. The molecule has 0 atom stereocenters. The summed E-state index contributed by atoms with van der Waals surface area (Å²) in [5.74, 6) is -0.728. The van der Waals surface area contributed by atoms with Gasteiger partial charge in [0.25, 0.3) is 9.05 Å². The van der Waals surface area contributed by atoms with Crippen LogP contribution in [0.15, 0.2) is 53.4 Å². The number of carbonyl (C=O) groups excluding carboxylic acids is 1. The number of ketones is 1. The molecule has 0 bridgehead atoms. The van der Waals surface area contributed by atoms with Gasteiger partial charge >= 0.3 is 6.18 Å². The maximum atomic E-state index is 12.7. The Bertz CT molecular complexity index is 815. The van der Waals surface area contributed by atoms with E-state index in [1.165, 1.54) is 12.1 Å². The zero-order chi connectivity index (χ0) is 16.5. The second-order valence-electron chi connectivity index (χ2n) is 4.34. The number of carbonyl (C=O) groups is 1. The minimum atomic E-state index is -4.75. The molecular weight excluding hydrogens is 341 g/mol. The van der Waals surface area contributed by atoms with Crippen LogP contribution >= 0.6 is 10.7 Å². The zero-order valence-corrected chi connectivity index (χ0v) is 12.3. The summed E-state index contributed by atoms with van der Waals surface area (Å²) in [5.41, 5.74) is -1.46. The van der Waals surface area contributed by atoms with Crippen molar-refractivity contribution in [3.05, 3.63) is 65.2 Å². The van der Waals surface area contributed by atoms with Gasteiger partial charge in [-0.1, -0.05) is 30.3 Å². The highest BCUT2D eigenvalue weighted by Gasteiger charge is 2.33. The van der Waals surface area contributed by atoms with Gasteiger partial charge in [0.2, 0.25) is 0 Å². The summed E-state index contributed by atoms with van der Waals surface area (Å²) >= 11 is 0. The lowest BCUT2D eigenvalue weighted by molar-refractivity contribution is -0.137. The van der Waals surface area contributed by atoms with Crippen LogP contribution in [0.3, 0.4) is 0 Å². The van der Waals surface area contributed by atoms with Crippen molar-refractivity contribution in [2.24, 2.45) is 0 Å². The van der Waals surface area contributed by atoms with Crippen molar-refractivity contribution in [2.75, 3.05) is 0 Å². The summed E-state index contributed by atoms with van der Waals surface area (Å²) in [5, 5.41) is 0. The minimum absolute atomic E-state index is 0.142. The molecule has 0 saturated heterocycles. The molecule has 0 aromatic heterocycles. The van der Waals surface area contributed by atoms with Crippen LogP contribution in [0, 0.1) is 0 Å². The Balaban J connectivity index is 2.65. The fourth-order valence-electron chi connectivity index (χ4n) is 1.83. The van der Waals surface area contributed by atoms with Gasteiger partial charge in [0, 0.05) is 21.8 Å². The highest BCUT2D eigenvalue weighted by Crippen LogP contribution is 2.33. The Hall–Kier alpha value is -1.86. The van der Waals surface area contributed by atoms with Crippen molar-refractivity contribution in [3.8, 4) is 0 Å². The predicted octanol–water partition coefficient (Wildman–Crippen LogP) is 3.86. The topological polar surface area (TPSA) is 51.2 Å². The average Bonchev–Trinajstić information content (AvgIpc) is 2.45. The molecule has 0 amide bonds. The average molecular weight is 349 g/mol. The van der Waals surface area contributed by atoms with E-state index in [0.29, 0.717) is 12.1 Å². The van der Waals surface area contributed by atoms with E-state index in [9.17, 15) is 26.4 Å². The lowest BCUT2D eigenvalue weighted by Crippen LogP contribution is -2.11. The Morgan fingerprint density at radius 2 is 1.59 bits per heavy atom. The maximum absolute atomic E-state index is 12.7. The third-order valence-corrected chi connectivity index (χ3v) is 4.21. The van der Waals surface area contributed by atoms with E-state index >= 15 is 0 Å². The van der Waals surface area contributed by atoms with E-state index < -0.39 is 37.0 Å². The van der Waals surface area contributed by atoms with Gasteiger partial charge in [-0.25, -0.2) is 8.42 Å². The second kappa shape index (κ2) is 5.73. The van der Waals surface area contributed by atoms with Gasteiger partial charge in [0.05, 0.1) is 10.5 Å². The third-order valence-electron chi connectivity index (χ3n) is 2.85. The minimum Gasteiger partial charge on any atom is -0.289 e. The molecule has 0 aliphatic rings. The molecule has 0 unspecified atom stereocenters. The molecule has 3 nitrogen and oxygen atoms in total. The summed E-state index contributed by atoms with van der Waals surface area (Å²) in [6.07, 6.45) is -4.75. The molecular formula is C14H8ClF3O3S. The first kappa shape index (κ1) is 16.5. The van der Waals surface area contributed by atoms with Crippen LogP contribution in [0.1, 0.15) is 21.5 Å². The van der Waals surface area contributed by atoms with E-state index in [1.807, 2.05) is 0 Å².